The molecule has 332 valence electrons. The molecule has 4 N–H and O–H groups in total. The van der Waals surface area contributed by atoms with Crippen molar-refractivity contribution in [3.8, 4) is 0 Å². The van der Waals surface area contributed by atoms with Gasteiger partial charge in [-0.05, 0) is 98.7 Å². The third-order valence-corrected chi connectivity index (χ3v) is 14.4. The van der Waals surface area contributed by atoms with Gasteiger partial charge in [0.2, 0.25) is 27.8 Å². The number of para-hydroxylation sites is 1. The lowest BCUT2D eigenvalue weighted by atomic mass is 9.92. The van der Waals surface area contributed by atoms with Gasteiger partial charge >= 0.3 is 0 Å². The first-order valence-electron chi connectivity index (χ1n) is 21.7. The Hall–Kier alpha value is -6.60. The van der Waals surface area contributed by atoms with E-state index in [2.05, 4.69) is 40.6 Å². The number of carbonyl (C=O) groups excluding carboxylic acids is 4. The van der Waals surface area contributed by atoms with Crippen LogP contribution in [0.3, 0.4) is 0 Å². The van der Waals surface area contributed by atoms with E-state index in [1.807, 2.05) is 36.4 Å². The molecule has 10 rings (SSSR count). The minimum Gasteiger partial charge on any atom is -0.371 e. The normalized spacial score (nSPS) is 19.7. The number of aromatic nitrogens is 3. The molecule has 5 aliphatic rings. The van der Waals surface area contributed by atoms with Crippen LogP contribution < -0.4 is 30.1 Å². The van der Waals surface area contributed by atoms with E-state index in [1.54, 1.807) is 24.4 Å². The molecule has 17 nitrogen and oxygen atoms in total. The van der Waals surface area contributed by atoms with Gasteiger partial charge in [0.05, 0.1) is 39.8 Å². The molecule has 0 saturated carbocycles. The Morgan fingerprint density at radius 3 is 2.38 bits per heavy atom. The number of halogens is 1. The van der Waals surface area contributed by atoms with Gasteiger partial charge in [-0.3, -0.25) is 38.6 Å². The zero-order valence-corrected chi connectivity index (χ0v) is 36.1. The maximum absolute atomic E-state index is 15.8. The number of H-pyrrole nitrogens is 1. The summed E-state index contributed by atoms with van der Waals surface area (Å²) in [4.78, 5) is 70.8. The summed E-state index contributed by atoms with van der Waals surface area (Å²) in [5.74, 6) is -1.11. The number of benzene rings is 3. The lowest BCUT2D eigenvalue weighted by Crippen LogP contribution is -2.54. The molecule has 5 aliphatic heterocycles. The van der Waals surface area contributed by atoms with Crippen molar-refractivity contribution in [1.82, 2.24) is 30.1 Å². The highest BCUT2D eigenvalue weighted by Crippen LogP contribution is 2.40. The van der Waals surface area contributed by atoms with Crippen molar-refractivity contribution in [2.75, 3.05) is 83.4 Å². The number of aromatic amines is 1. The number of hydrogen-bond acceptors (Lipinski definition) is 13. The molecule has 3 fully saturated rings. The van der Waals surface area contributed by atoms with E-state index in [4.69, 9.17) is 4.98 Å². The first-order valence-corrected chi connectivity index (χ1v) is 23.6. The van der Waals surface area contributed by atoms with Crippen LogP contribution in [0.25, 0.3) is 11.0 Å². The van der Waals surface area contributed by atoms with Crippen molar-refractivity contribution in [1.29, 1.82) is 0 Å². The summed E-state index contributed by atoms with van der Waals surface area (Å²) < 4.78 is 42.4. The van der Waals surface area contributed by atoms with Gasteiger partial charge in [-0.25, -0.2) is 12.8 Å². The van der Waals surface area contributed by atoms with Crippen LogP contribution >= 0.6 is 0 Å². The van der Waals surface area contributed by atoms with Gasteiger partial charge in [-0.15, -0.1) is 0 Å². The highest BCUT2D eigenvalue weighted by Gasteiger charge is 2.45. The number of piperidine rings is 2. The van der Waals surface area contributed by atoms with Crippen molar-refractivity contribution in [3.63, 3.8) is 0 Å². The fraction of sp³-hybridized carbons (Fsp3) is 0.378. The molecule has 3 saturated heterocycles. The van der Waals surface area contributed by atoms with Gasteiger partial charge in [0.15, 0.2) is 0 Å². The Kier molecular flexibility index (Phi) is 10.7. The zero-order chi connectivity index (χ0) is 44.3. The summed E-state index contributed by atoms with van der Waals surface area (Å²) in [6.07, 6.45) is 6.83. The third-order valence-electron chi connectivity index (χ3n) is 13.2. The van der Waals surface area contributed by atoms with Crippen LogP contribution in [0.2, 0.25) is 0 Å². The predicted octanol–water partition coefficient (Wildman–Crippen LogP) is 4.74. The summed E-state index contributed by atoms with van der Waals surface area (Å²) in [7, 11) is -3.48. The Morgan fingerprint density at radius 2 is 1.61 bits per heavy atom. The molecule has 1 unspecified atom stereocenters. The quantitative estimate of drug-likeness (QED) is 0.133. The van der Waals surface area contributed by atoms with Crippen molar-refractivity contribution >= 4 is 84.9 Å². The van der Waals surface area contributed by atoms with Crippen LogP contribution in [-0.4, -0.2) is 121 Å². The minimum atomic E-state index is -3.48. The predicted molar refractivity (Wildman–Crippen MR) is 241 cm³/mol. The summed E-state index contributed by atoms with van der Waals surface area (Å²) >= 11 is 0. The number of sulfonamides is 1. The number of anilines is 7. The van der Waals surface area contributed by atoms with E-state index in [9.17, 15) is 27.6 Å². The molecule has 4 amide bonds. The number of rotatable bonds is 11. The molecular weight excluding hydrogens is 842 g/mol. The molecule has 64 heavy (non-hydrogen) atoms. The average molecular weight is 890 g/mol. The van der Waals surface area contributed by atoms with Crippen molar-refractivity contribution in [2.24, 2.45) is 5.92 Å². The lowest BCUT2D eigenvalue weighted by molar-refractivity contribution is -0.136. The molecule has 0 bridgehead atoms. The van der Waals surface area contributed by atoms with Crippen LogP contribution in [-0.2, 0) is 26.0 Å². The van der Waals surface area contributed by atoms with E-state index >= 15 is 4.39 Å². The second kappa shape index (κ2) is 16.5. The summed E-state index contributed by atoms with van der Waals surface area (Å²) in [5.41, 5.74) is 5.19. The number of imide groups is 2. The van der Waals surface area contributed by atoms with E-state index in [-0.39, 0.29) is 30.2 Å². The topological polar surface area (TPSA) is 196 Å². The highest BCUT2D eigenvalue weighted by molar-refractivity contribution is 7.92. The van der Waals surface area contributed by atoms with E-state index < -0.39 is 39.7 Å². The lowest BCUT2D eigenvalue weighted by Gasteiger charge is -2.38. The smallest absolute Gasteiger partial charge is 0.262 e. The summed E-state index contributed by atoms with van der Waals surface area (Å²) in [5, 5.41) is 9.46. The van der Waals surface area contributed by atoms with Gasteiger partial charge in [-0.1, -0.05) is 12.1 Å². The van der Waals surface area contributed by atoms with Crippen LogP contribution in [0.4, 0.5) is 44.6 Å². The van der Waals surface area contributed by atoms with Crippen LogP contribution in [0.15, 0.2) is 66.9 Å². The van der Waals surface area contributed by atoms with E-state index in [1.165, 1.54) is 16.6 Å². The second-order valence-corrected chi connectivity index (χ2v) is 19.1. The SMILES string of the molecule is CS(=O)(=O)N1CCc2cccc(Nc3nc(Nc4ccc(N5CCN(CCC6CCN(c7ccc8c(c7)C(=O)N(C7CCC(=O)NC7=O)C8=O)CC6)CC5)c(F)c4)nc4[nH]ccc34)c21. The van der Waals surface area contributed by atoms with E-state index in [0.717, 1.165) is 68.1 Å². The fourth-order valence-corrected chi connectivity index (χ4v) is 10.7. The first-order chi connectivity index (χ1) is 30.9. The van der Waals surface area contributed by atoms with Gasteiger partial charge in [0.1, 0.15) is 23.3 Å². The number of amides is 4. The molecule has 3 aromatic carbocycles. The van der Waals surface area contributed by atoms with E-state index in [0.29, 0.717) is 77.1 Å². The van der Waals surface area contributed by atoms with Gasteiger partial charge in [0.25, 0.3) is 11.8 Å². The van der Waals surface area contributed by atoms with Crippen LogP contribution in [0.1, 0.15) is 58.4 Å². The molecule has 19 heteroatoms. The molecule has 1 atom stereocenters. The van der Waals surface area contributed by atoms with Gasteiger partial charge in [0, 0.05) is 69.8 Å². The summed E-state index contributed by atoms with van der Waals surface area (Å²) in [6, 6.07) is 16.8. The Bertz CT molecular complexity index is 2820. The standard InChI is InChI=1S/C45H48FN11O6S/c1-64(62,63)56-20-15-28-3-2-4-35(39(28)56)49-41-32-11-16-47-40(32)51-45(52-41)48-29-5-8-36(34(46)25-29)55-23-21-53(22-24-55)17-12-27-13-18-54(19-14-27)30-6-7-31-33(26-30)44(61)57(43(31)60)37-9-10-38(58)50-42(37)59/h2-8,11,16,25-27,37H,9-10,12-15,17-24H2,1H3,(H,50,58,59)(H3,47,48,49,51,52). The number of piperazine rings is 1. The van der Waals surface area contributed by atoms with Crippen molar-refractivity contribution in [2.45, 2.75) is 44.6 Å². The average Bonchev–Trinajstić information content (AvgIpc) is 4.01. The second-order valence-electron chi connectivity index (χ2n) is 17.2. The maximum Gasteiger partial charge on any atom is 0.262 e. The molecular formula is C45H48FN11O6S. The Labute approximate surface area is 369 Å². The fourth-order valence-electron chi connectivity index (χ4n) is 9.76. The maximum atomic E-state index is 15.8. The van der Waals surface area contributed by atoms with Crippen LogP contribution in [0.5, 0.6) is 0 Å². The number of carbonyl (C=O) groups is 4. The molecule has 5 aromatic rings. The minimum absolute atomic E-state index is 0.0806. The number of hydrogen-bond donors (Lipinski definition) is 4. The zero-order valence-electron chi connectivity index (χ0n) is 35.3. The molecule has 0 spiro atoms. The largest absolute Gasteiger partial charge is 0.371 e. The molecule has 0 aliphatic carbocycles. The Morgan fingerprint density at radius 1 is 0.812 bits per heavy atom. The summed E-state index contributed by atoms with van der Waals surface area (Å²) in [6.45, 7) is 6.02. The third kappa shape index (κ3) is 7.86. The number of nitrogens with zero attached hydrogens (tertiary/aromatic N) is 7. The first kappa shape index (κ1) is 41.4. The van der Waals surface area contributed by atoms with Crippen molar-refractivity contribution < 1.29 is 32.0 Å². The molecule has 7 heterocycles. The monoisotopic (exact) mass is 889 g/mol. The van der Waals surface area contributed by atoms with Gasteiger partial charge in [-0.2, -0.15) is 9.97 Å². The Balaban J connectivity index is 0.712. The number of fused-ring (bicyclic) bond motifs is 3. The van der Waals surface area contributed by atoms with Crippen molar-refractivity contribution in [3.05, 3.63) is 89.4 Å². The molecule has 2 aromatic heterocycles. The highest BCUT2D eigenvalue weighted by atomic mass is 32.2. The van der Waals surface area contributed by atoms with Gasteiger partial charge < -0.3 is 25.4 Å². The van der Waals surface area contributed by atoms with Crippen LogP contribution in [0, 0.1) is 11.7 Å². The molecule has 0 radical (unpaired) electrons. The number of nitrogens with one attached hydrogen (secondary N) is 4.